The van der Waals surface area contributed by atoms with Gasteiger partial charge in [0.15, 0.2) is 5.76 Å². The van der Waals surface area contributed by atoms with E-state index in [0.717, 1.165) is 28.3 Å². The van der Waals surface area contributed by atoms with Gasteiger partial charge in [-0.05, 0) is 54.6 Å². The third kappa shape index (κ3) is 4.20. The quantitative estimate of drug-likeness (QED) is 0.283. The number of hydrogen-bond acceptors (Lipinski definition) is 6. The van der Waals surface area contributed by atoms with Crippen LogP contribution >= 0.6 is 11.3 Å². The smallest absolute Gasteiger partial charge is 0.153 e. The van der Waals surface area contributed by atoms with Gasteiger partial charge in [-0.1, -0.05) is 18.2 Å². The SMILES string of the molecule is COc1ccc(-c2nn(-c3ccccc3)cc2/C=C(\C#N)c2nc(-c3ccco3)cs2)cc1. The van der Waals surface area contributed by atoms with Gasteiger partial charge in [0.2, 0.25) is 0 Å². The number of rotatable bonds is 6. The van der Waals surface area contributed by atoms with Gasteiger partial charge in [0.25, 0.3) is 0 Å². The zero-order valence-corrected chi connectivity index (χ0v) is 18.5. The Labute approximate surface area is 194 Å². The molecule has 0 unspecified atom stereocenters. The third-order valence-electron chi connectivity index (χ3n) is 5.06. The van der Waals surface area contributed by atoms with Crippen LogP contribution < -0.4 is 4.74 Å². The standard InChI is InChI=1S/C26H18N4O2S/c1-31-22-11-9-18(10-12-22)25-20(16-30(29-25)21-6-3-2-4-7-21)14-19(15-27)26-28-23(17-33-26)24-8-5-13-32-24/h2-14,16-17H,1H3/b19-14+. The molecule has 0 spiro atoms. The largest absolute Gasteiger partial charge is 0.497 e. The van der Waals surface area contributed by atoms with Crippen molar-refractivity contribution in [1.29, 1.82) is 5.26 Å². The molecule has 3 aromatic heterocycles. The molecule has 0 aliphatic heterocycles. The molecule has 5 rings (SSSR count). The molecule has 2 aromatic carbocycles. The topological polar surface area (TPSA) is 76.9 Å². The number of aromatic nitrogens is 3. The van der Waals surface area contributed by atoms with Gasteiger partial charge < -0.3 is 9.15 Å². The highest BCUT2D eigenvalue weighted by Gasteiger charge is 2.15. The van der Waals surface area contributed by atoms with Crippen LogP contribution in [-0.4, -0.2) is 21.9 Å². The Morgan fingerprint density at radius 3 is 2.61 bits per heavy atom. The first-order valence-electron chi connectivity index (χ1n) is 10.2. The summed E-state index contributed by atoms with van der Waals surface area (Å²) in [5.74, 6) is 1.44. The fraction of sp³-hybridized carbons (Fsp3) is 0.0385. The minimum absolute atomic E-state index is 0.458. The van der Waals surface area contributed by atoms with Crippen LogP contribution in [0.25, 0.3) is 40.0 Å². The number of methoxy groups -OCH3 is 1. The number of nitrogens with zero attached hydrogens (tertiary/aromatic N) is 4. The third-order valence-corrected chi connectivity index (χ3v) is 5.93. The van der Waals surface area contributed by atoms with Crippen LogP contribution in [0.15, 0.2) is 89.0 Å². The van der Waals surface area contributed by atoms with Crippen molar-refractivity contribution in [3.8, 4) is 40.2 Å². The van der Waals surface area contributed by atoms with E-state index in [1.54, 1.807) is 13.4 Å². The average molecular weight is 451 g/mol. The van der Waals surface area contributed by atoms with E-state index in [0.29, 0.717) is 22.0 Å². The summed E-state index contributed by atoms with van der Waals surface area (Å²) in [6.45, 7) is 0. The molecule has 0 N–H and O–H groups in total. The number of ether oxygens (including phenoxy) is 1. The van der Waals surface area contributed by atoms with Gasteiger partial charge in [-0.2, -0.15) is 10.4 Å². The summed E-state index contributed by atoms with van der Waals surface area (Å²) in [6, 6.07) is 23.5. The van der Waals surface area contributed by atoms with Gasteiger partial charge in [0, 0.05) is 22.7 Å². The molecule has 0 saturated carbocycles. The summed E-state index contributed by atoms with van der Waals surface area (Å²) >= 11 is 1.40. The Morgan fingerprint density at radius 2 is 1.91 bits per heavy atom. The Balaban J connectivity index is 1.60. The van der Waals surface area contributed by atoms with E-state index in [9.17, 15) is 5.26 Å². The molecule has 33 heavy (non-hydrogen) atoms. The molecule has 3 heterocycles. The molecule has 0 radical (unpaired) electrons. The van der Waals surface area contributed by atoms with Crippen molar-refractivity contribution in [1.82, 2.24) is 14.8 Å². The van der Waals surface area contributed by atoms with Crippen LogP contribution in [0.1, 0.15) is 10.6 Å². The van der Waals surface area contributed by atoms with Crippen molar-refractivity contribution in [2.45, 2.75) is 0 Å². The molecule has 160 valence electrons. The number of furan rings is 1. The van der Waals surface area contributed by atoms with Crippen LogP contribution in [0.2, 0.25) is 0 Å². The van der Waals surface area contributed by atoms with Gasteiger partial charge in [-0.15, -0.1) is 11.3 Å². The Kier molecular flexibility index (Phi) is 5.58. The molecule has 5 aromatic rings. The molecule has 7 heteroatoms. The molecule has 0 amide bonds. The zero-order valence-electron chi connectivity index (χ0n) is 17.7. The first-order chi connectivity index (χ1) is 16.2. The highest BCUT2D eigenvalue weighted by molar-refractivity contribution is 7.11. The zero-order chi connectivity index (χ0) is 22.6. The van der Waals surface area contributed by atoms with E-state index >= 15 is 0 Å². The number of hydrogen-bond donors (Lipinski definition) is 0. The van der Waals surface area contributed by atoms with E-state index in [2.05, 4.69) is 11.1 Å². The first kappa shape index (κ1) is 20.5. The van der Waals surface area contributed by atoms with Crippen molar-refractivity contribution in [2.75, 3.05) is 7.11 Å². The first-order valence-corrected chi connectivity index (χ1v) is 11.0. The summed E-state index contributed by atoms with van der Waals surface area (Å²) in [5.41, 5.74) is 4.59. The monoisotopic (exact) mass is 450 g/mol. The predicted octanol–water partition coefficient (Wildman–Crippen LogP) is 6.33. The molecule has 0 saturated heterocycles. The lowest BCUT2D eigenvalue weighted by Crippen LogP contribution is -1.94. The van der Waals surface area contributed by atoms with E-state index in [1.807, 2.05) is 89.1 Å². The predicted molar refractivity (Wildman–Crippen MR) is 129 cm³/mol. The highest BCUT2D eigenvalue weighted by atomic mass is 32.1. The van der Waals surface area contributed by atoms with Gasteiger partial charge in [0.05, 0.1) is 30.3 Å². The van der Waals surface area contributed by atoms with Crippen molar-refractivity contribution in [2.24, 2.45) is 0 Å². The molecule has 0 aliphatic rings. The summed E-state index contributed by atoms with van der Waals surface area (Å²) < 4.78 is 12.5. The summed E-state index contributed by atoms with van der Waals surface area (Å²) in [7, 11) is 1.64. The van der Waals surface area contributed by atoms with E-state index in [-0.39, 0.29) is 0 Å². The summed E-state index contributed by atoms with van der Waals surface area (Å²) in [5, 5.41) is 17.2. The molecule has 0 fully saturated rings. The maximum Gasteiger partial charge on any atom is 0.153 e. The molecule has 6 nitrogen and oxygen atoms in total. The lowest BCUT2D eigenvalue weighted by molar-refractivity contribution is 0.415. The number of nitriles is 1. The molecule has 0 bridgehead atoms. The van der Waals surface area contributed by atoms with E-state index in [4.69, 9.17) is 14.3 Å². The molecule has 0 aliphatic carbocycles. The number of thiazole rings is 1. The lowest BCUT2D eigenvalue weighted by Gasteiger charge is -2.03. The average Bonchev–Trinajstić information content (AvgIpc) is 3.64. The second-order valence-corrected chi connectivity index (χ2v) is 7.98. The number of benzene rings is 2. The lowest BCUT2D eigenvalue weighted by atomic mass is 10.1. The van der Waals surface area contributed by atoms with Crippen LogP contribution in [0.5, 0.6) is 5.75 Å². The number of para-hydroxylation sites is 1. The number of allylic oxidation sites excluding steroid dienone is 1. The maximum absolute atomic E-state index is 9.92. The molecule has 0 atom stereocenters. The van der Waals surface area contributed by atoms with Crippen molar-refractivity contribution in [3.63, 3.8) is 0 Å². The van der Waals surface area contributed by atoms with Gasteiger partial charge in [-0.25, -0.2) is 9.67 Å². The van der Waals surface area contributed by atoms with Crippen LogP contribution in [0, 0.1) is 11.3 Å². The fourth-order valence-corrected chi connectivity index (χ4v) is 4.19. The Morgan fingerprint density at radius 1 is 1.09 bits per heavy atom. The van der Waals surface area contributed by atoms with E-state index in [1.165, 1.54) is 11.3 Å². The van der Waals surface area contributed by atoms with Gasteiger partial charge >= 0.3 is 0 Å². The van der Waals surface area contributed by atoms with Crippen molar-refractivity contribution in [3.05, 3.63) is 95.1 Å². The second kappa shape index (κ2) is 8.99. The van der Waals surface area contributed by atoms with Crippen molar-refractivity contribution < 1.29 is 9.15 Å². The van der Waals surface area contributed by atoms with Gasteiger partial charge in [-0.3, -0.25) is 0 Å². The maximum atomic E-state index is 9.92. The Bertz CT molecular complexity index is 1440. The van der Waals surface area contributed by atoms with E-state index < -0.39 is 0 Å². The van der Waals surface area contributed by atoms with Crippen LogP contribution in [0.3, 0.4) is 0 Å². The highest BCUT2D eigenvalue weighted by Crippen LogP contribution is 2.31. The normalized spacial score (nSPS) is 11.3. The Hall–Kier alpha value is -4.41. The van der Waals surface area contributed by atoms with Gasteiger partial charge in [0.1, 0.15) is 22.5 Å². The summed E-state index contributed by atoms with van der Waals surface area (Å²) in [6.07, 6.45) is 5.36. The second-order valence-electron chi connectivity index (χ2n) is 7.13. The molecular weight excluding hydrogens is 432 g/mol. The minimum Gasteiger partial charge on any atom is -0.497 e. The molecular formula is C26H18N4O2S. The van der Waals surface area contributed by atoms with Crippen molar-refractivity contribution >= 4 is 23.0 Å². The summed E-state index contributed by atoms with van der Waals surface area (Å²) in [4.78, 5) is 4.60. The van der Waals surface area contributed by atoms with Crippen LogP contribution in [0.4, 0.5) is 0 Å². The van der Waals surface area contributed by atoms with Crippen LogP contribution in [-0.2, 0) is 0 Å². The minimum atomic E-state index is 0.458. The fourth-order valence-electron chi connectivity index (χ4n) is 3.41.